The van der Waals surface area contributed by atoms with Gasteiger partial charge >= 0.3 is 11.6 Å². The Kier molecular flexibility index (Phi) is 7.32. The lowest BCUT2D eigenvalue weighted by atomic mass is 9.98. The van der Waals surface area contributed by atoms with Gasteiger partial charge in [0.05, 0.1) is 17.2 Å². The second-order valence-corrected chi connectivity index (χ2v) is 8.52. The molecule has 6 nitrogen and oxygen atoms in total. The number of aliphatic hydroxyl groups is 1. The third-order valence-electron chi connectivity index (χ3n) is 6.36. The highest BCUT2D eigenvalue weighted by molar-refractivity contribution is 5.88. The number of benzene rings is 3. The summed E-state index contributed by atoms with van der Waals surface area (Å²) in [6.45, 7) is 5.88. The monoisotopic (exact) mass is 471 g/mol. The van der Waals surface area contributed by atoms with Crippen LogP contribution in [-0.4, -0.2) is 29.3 Å². The molecule has 1 aromatic heterocycles. The summed E-state index contributed by atoms with van der Waals surface area (Å²) in [7, 11) is 0. The maximum Gasteiger partial charge on any atom is 0.342 e. The van der Waals surface area contributed by atoms with Gasteiger partial charge in [0, 0.05) is 30.2 Å². The van der Waals surface area contributed by atoms with Crippen molar-refractivity contribution in [1.82, 2.24) is 0 Å². The lowest BCUT2D eigenvalue weighted by Crippen LogP contribution is -2.21. The minimum atomic E-state index is -0.949. The predicted molar refractivity (Wildman–Crippen MR) is 138 cm³/mol. The van der Waals surface area contributed by atoms with Crippen molar-refractivity contribution in [3.63, 3.8) is 0 Å². The topological polar surface area (TPSA) is 91.0 Å². The summed E-state index contributed by atoms with van der Waals surface area (Å²) in [6.07, 6.45) is 0.0550. The van der Waals surface area contributed by atoms with Gasteiger partial charge in [-0.05, 0) is 73.7 Å². The van der Waals surface area contributed by atoms with Crippen LogP contribution >= 0.6 is 0 Å². The Labute approximate surface area is 204 Å². The first-order chi connectivity index (χ1) is 16.9. The van der Waals surface area contributed by atoms with Crippen molar-refractivity contribution in [3.05, 3.63) is 99.9 Å². The first-order valence-corrected chi connectivity index (χ1v) is 11.8. The van der Waals surface area contributed by atoms with Gasteiger partial charge in [-0.3, -0.25) is 0 Å². The molecule has 0 saturated carbocycles. The fraction of sp³-hybridized carbons (Fsp3) is 0.241. The molecule has 6 heteroatoms. The molecule has 0 aliphatic heterocycles. The van der Waals surface area contributed by atoms with Crippen molar-refractivity contribution in [2.75, 3.05) is 18.0 Å². The van der Waals surface area contributed by atoms with Gasteiger partial charge in [-0.15, -0.1) is 0 Å². The quantitative estimate of drug-likeness (QED) is 0.306. The molecule has 0 saturated heterocycles. The first-order valence-electron chi connectivity index (χ1n) is 11.8. The van der Waals surface area contributed by atoms with E-state index >= 15 is 0 Å². The number of carboxylic acids is 1. The van der Waals surface area contributed by atoms with Crippen LogP contribution in [0.4, 0.5) is 5.69 Å². The van der Waals surface area contributed by atoms with Crippen LogP contribution in [0.2, 0.25) is 0 Å². The number of carboxylic acid groups (broad SMARTS) is 1. The molecule has 0 amide bonds. The molecule has 0 aliphatic rings. The van der Waals surface area contributed by atoms with Gasteiger partial charge in [-0.2, -0.15) is 0 Å². The number of carbonyl (C=O) groups is 1. The molecule has 0 bridgehead atoms. The lowest BCUT2D eigenvalue weighted by Gasteiger charge is -2.21. The molecule has 0 radical (unpaired) electrons. The summed E-state index contributed by atoms with van der Waals surface area (Å²) in [5.41, 5.74) is 4.46. The van der Waals surface area contributed by atoms with Crippen LogP contribution < -0.4 is 10.5 Å². The SMILES string of the molecule is CCN(CC)c1ccc2cc(C(O)CCc3ccc(-c4ccc(C(=O)O)cc4)cc3)c(=O)oc2c1. The van der Waals surface area contributed by atoms with Crippen molar-refractivity contribution < 1.29 is 19.4 Å². The molecule has 1 heterocycles. The highest BCUT2D eigenvalue weighted by Crippen LogP contribution is 2.26. The smallest absolute Gasteiger partial charge is 0.342 e. The lowest BCUT2D eigenvalue weighted by molar-refractivity contribution is 0.0697. The summed E-state index contributed by atoms with van der Waals surface area (Å²) in [5, 5.41) is 20.6. The van der Waals surface area contributed by atoms with E-state index in [2.05, 4.69) is 18.7 Å². The number of aliphatic hydroxyl groups excluding tert-OH is 1. The summed E-state index contributed by atoms with van der Waals surface area (Å²) in [4.78, 5) is 25.8. The highest BCUT2D eigenvalue weighted by atomic mass is 16.4. The fourth-order valence-corrected chi connectivity index (χ4v) is 4.26. The molecule has 1 unspecified atom stereocenters. The zero-order valence-corrected chi connectivity index (χ0v) is 19.9. The van der Waals surface area contributed by atoms with E-state index in [-0.39, 0.29) is 11.1 Å². The van der Waals surface area contributed by atoms with Crippen LogP contribution in [0.25, 0.3) is 22.1 Å². The Bertz CT molecular complexity index is 1370. The number of fused-ring (bicyclic) bond motifs is 1. The van der Waals surface area contributed by atoms with E-state index < -0.39 is 17.7 Å². The molecular formula is C29H29NO5. The van der Waals surface area contributed by atoms with Crippen LogP contribution in [0.1, 0.15) is 47.9 Å². The van der Waals surface area contributed by atoms with E-state index in [1.807, 2.05) is 42.5 Å². The van der Waals surface area contributed by atoms with E-state index in [4.69, 9.17) is 9.52 Å². The molecule has 0 fully saturated rings. The van der Waals surface area contributed by atoms with Gasteiger partial charge in [0.2, 0.25) is 0 Å². The van der Waals surface area contributed by atoms with Crippen LogP contribution in [-0.2, 0) is 6.42 Å². The normalized spacial score (nSPS) is 12.0. The van der Waals surface area contributed by atoms with Crippen molar-refractivity contribution in [1.29, 1.82) is 0 Å². The maximum absolute atomic E-state index is 12.6. The second-order valence-electron chi connectivity index (χ2n) is 8.52. The van der Waals surface area contributed by atoms with Crippen molar-refractivity contribution >= 4 is 22.6 Å². The molecule has 4 rings (SSSR count). The molecule has 0 spiro atoms. The summed E-state index contributed by atoms with van der Waals surface area (Å²) < 4.78 is 5.55. The number of aryl methyl sites for hydroxylation is 1. The number of anilines is 1. The van der Waals surface area contributed by atoms with Crippen molar-refractivity contribution in [2.45, 2.75) is 32.8 Å². The van der Waals surface area contributed by atoms with Crippen LogP contribution in [0.5, 0.6) is 0 Å². The maximum atomic E-state index is 12.6. The van der Waals surface area contributed by atoms with Crippen molar-refractivity contribution in [3.8, 4) is 11.1 Å². The van der Waals surface area contributed by atoms with E-state index in [1.165, 1.54) is 0 Å². The van der Waals surface area contributed by atoms with E-state index in [0.29, 0.717) is 18.4 Å². The Balaban J connectivity index is 1.44. The molecule has 4 aromatic rings. The first kappa shape index (κ1) is 24.2. The van der Waals surface area contributed by atoms with Crippen LogP contribution in [0.15, 0.2) is 82.0 Å². The van der Waals surface area contributed by atoms with Gasteiger partial charge in [0.1, 0.15) is 5.58 Å². The summed E-state index contributed by atoms with van der Waals surface area (Å²) in [6, 6.07) is 22.1. The molecular weight excluding hydrogens is 442 g/mol. The molecule has 1 atom stereocenters. The van der Waals surface area contributed by atoms with Gasteiger partial charge in [-0.1, -0.05) is 36.4 Å². The van der Waals surface area contributed by atoms with E-state index in [0.717, 1.165) is 40.9 Å². The Morgan fingerprint density at radius 2 is 1.54 bits per heavy atom. The Morgan fingerprint density at radius 3 is 2.14 bits per heavy atom. The van der Waals surface area contributed by atoms with Gasteiger partial charge in [0.15, 0.2) is 0 Å². The zero-order valence-electron chi connectivity index (χ0n) is 19.9. The van der Waals surface area contributed by atoms with Crippen LogP contribution in [0, 0.1) is 0 Å². The highest BCUT2D eigenvalue weighted by Gasteiger charge is 2.16. The van der Waals surface area contributed by atoms with Gasteiger partial charge in [0.25, 0.3) is 0 Å². The summed E-state index contributed by atoms with van der Waals surface area (Å²) in [5.74, 6) is -0.949. The fourth-order valence-electron chi connectivity index (χ4n) is 4.26. The molecule has 180 valence electrons. The number of aromatic carboxylic acids is 1. The standard InChI is InChI=1S/C29H29NO5/c1-3-30(4-2)24-15-14-23-17-25(29(34)35-27(23)18-24)26(31)16-7-19-5-8-20(9-6-19)21-10-12-22(13-11-21)28(32)33/h5-6,8-15,17-18,26,31H,3-4,7,16H2,1-2H3,(H,32,33). The Hall–Kier alpha value is -3.90. The molecule has 2 N–H and O–H groups in total. The predicted octanol–water partition coefficient (Wildman–Crippen LogP) is 5.67. The second kappa shape index (κ2) is 10.6. The minimum absolute atomic E-state index is 0.252. The zero-order chi connectivity index (χ0) is 24.9. The van der Waals surface area contributed by atoms with E-state index in [1.54, 1.807) is 30.3 Å². The van der Waals surface area contributed by atoms with Crippen molar-refractivity contribution in [2.24, 2.45) is 0 Å². The number of nitrogens with zero attached hydrogens (tertiary/aromatic N) is 1. The number of hydrogen-bond donors (Lipinski definition) is 2. The average molecular weight is 472 g/mol. The third kappa shape index (κ3) is 5.44. The number of rotatable bonds is 9. The minimum Gasteiger partial charge on any atom is -0.478 e. The van der Waals surface area contributed by atoms with E-state index in [9.17, 15) is 14.7 Å². The largest absolute Gasteiger partial charge is 0.478 e. The summed E-state index contributed by atoms with van der Waals surface area (Å²) >= 11 is 0. The van der Waals surface area contributed by atoms with Crippen LogP contribution in [0.3, 0.4) is 0 Å². The Morgan fingerprint density at radius 1 is 0.914 bits per heavy atom. The average Bonchev–Trinajstić information content (AvgIpc) is 2.88. The number of hydrogen-bond acceptors (Lipinski definition) is 5. The molecule has 0 aliphatic carbocycles. The molecule has 35 heavy (non-hydrogen) atoms. The van der Waals surface area contributed by atoms with Gasteiger partial charge < -0.3 is 19.5 Å². The molecule has 3 aromatic carbocycles. The van der Waals surface area contributed by atoms with Gasteiger partial charge in [-0.25, -0.2) is 9.59 Å². The third-order valence-corrected chi connectivity index (χ3v) is 6.36.